The van der Waals surface area contributed by atoms with E-state index in [1.165, 1.54) is 6.07 Å². The third kappa shape index (κ3) is 3.85. The van der Waals surface area contributed by atoms with Gasteiger partial charge >= 0.3 is 0 Å². The Morgan fingerprint density at radius 2 is 2.00 bits per heavy atom. The van der Waals surface area contributed by atoms with Gasteiger partial charge in [-0.05, 0) is 31.2 Å². The van der Waals surface area contributed by atoms with Crippen LogP contribution in [0.3, 0.4) is 0 Å². The molecule has 0 saturated carbocycles. The van der Waals surface area contributed by atoms with Crippen LogP contribution in [-0.2, 0) is 6.54 Å². The standard InChI is InChI=1S/C14H17F2N3O/c15-11-4-1-5-12(16)14(11)13(20)10-17-6-2-8-19-9-3-7-18-19/h1,3-5,7,9,13,17,20H,2,6,8,10H2. The third-order valence-electron chi connectivity index (χ3n) is 2.97. The van der Waals surface area contributed by atoms with Gasteiger partial charge in [0.2, 0.25) is 0 Å². The molecular formula is C14H17F2N3O. The van der Waals surface area contributed by atoms with Gasteiger partial charge in [0.25, 0.3) is 0 Å². The van der Waals surface area contributed by atoms with Gasteiger partial charge < -0.3 is 10.4 Å². The number of halogens is 2. The first-order valence-electron chi connectivity index (χ1n) is 6.48. The molecule has 2 rings (SSSR count). The van der Waals surface area contributed by atoms with Gasteiger partial charge in [-0.3, -0.25) is 4.68 Å². The molecule has 6 heteroatoms. The number of aliphatic hydroxyl groups excluding tert-OH is 1. The van der Waals surface area contributed by atoms with Gasteiger partial charge in [-0.2, -0.15) is 5.10 Å². The van der Waals surface area contributed by atoms with Crippen LogP contribution in [0.1, 0.15) is 18.1 Å². The van der Waals surface area contributed by atoms with E-state index in [1.807, 2.05) is 12.3 Å². The van der Waals surface area contributed by atoms with E-state index < -0.39 is 17.7 Å². The Labute approximate surface area is 116 Å². The molecule has 1 atom stereocenters. The van der Waals surface area contributed by atoms with Crippen LogP contribution in [0.15, 0.2) is 36.7 Å². The highest BCUT2D eigenvalue weighted by Crippen LogP contribution is 2.19. The summed E-state index contributed by atoms with van der Waals surface area (Å²) < 4.78 is 28.6. The van der Waals surface area contributed by atoms with Gasteiger partial charge in [0.1, 0.15) is 11.6 Å². The highest BCUT2D eigenvalue weighted by atomic mass is 19.1. The molecule has 1 heterocycles. The molecule has 1 unspecified atom stereocenters. The largest absolute Gasteiger partial charge is 0.387 e. The zero-order chi connectivity index (χ0) is 14.4. The summed E-state index contributed by atoms with van der Waals surface area (Å²) in [5.41, 5.74) is -0.285. The van der Waals surface area contributed by atoms with Gasteiger partial charge in [0.05, 0.1) is 11.7 Å². The van der Waals surface area contributed by atoms with Gasteiger partial charge in [-0.25, -0.2) is 8.78 Å². The van der Waals surface area contributed by atoms with Crippen LogP contribution < -0.4 is 5.32 Å². The molecule has 2 aromatic rings. The van der Waals surface area contributed by atoms with Crippen LogP contribution in [0.5, 0.6) is 0 Å². The predicted octanol–water partition coefficient (Wildman–Crippen LogP) is 1.87. The maximum Gasteiger partial charge on any atom is 0.131 e. The van der Waals surface area contributed by atoms with Crippen LogP contribution in [-0.4, -0.2) is 28.0 Å². The van der Waals surface area contributed by atoms with E-state index in [0.29, 0.717) is 6.54 Å². The number of aryl methyl sites for hydroxylation is 1. The fourth-order valence-electron chi connectivity index (χ4n) is 1.97. The molecule has 2 N–H and O–H groups in total. The van der Waals surface area contributed by atoms with E-state index in [9.17, 15) is 13.9 Å². The fourth-order valence-corrected chi connectivity index (χ4v) is 1.97. The van der Waals surface area contributed by atoms with E-state index >= 15 is 0 Å². The smallest absolute Gasteiger partial charge is 0.131 e. The van der Waals surface area contributed by atoms with Crippen molar-refractivity contribution in [2.45, 2.75) is 19.1 Å². The van der Waals surface area contributed by atoms with Crippen molar-refractivity contribution in [3.63, 3.8) is 0 Å². The van der Waals surface area contributed by atoms with E-state index in [1.54, 1.807) is 10.9 Å². The molecule has 20 heavy (non-hydrogen) atoms. The number of rotatable bonds is 7. The quantitative estimate of drug-likeness (QED) is 0.762. The predicted molar refractivity (Wildman–Crippen MR) is 71.0 cm³/mol. The van der Waals surface area contributed by atoms with Crippen molar-refractivity contribution in [3.8, 4) is 0 Å². The molecule has 0 aliphatic carbocycles. The van der Waals surface area contributed by atoms with E-state index in [4.69, 9.17) is 0 Å². The highest BCUT2D eigenvalue weighted by molar-refractivity contribution is 5.22. The molecule has 0 bridgehead atoms. The van der Waals surface area contributed by atoms with Crippen molar-refractivity contribution in [2.24, 2.45) is 0 Å². The molecule has 108 valence electrons. The number of nitrogens with one attached hydrogen (secondary N) is 1. The van der Waals surface area contributed by atoms with Gasteiger partial charge in [0.15, 0.2) is 0 Å². The number of aliphatic hydroxyl groups is 1. The summed E-state index contributed by atoms with van der Waals surface area (Å²) in [7, 11) is 0. The SMILES string of the molecule is OC(CNCCCn1cccn1)c1c(F)cccc1F. The molecule has 0 spiro atoms. The lowest BCUT2D eigenvalue weighted by atomic mass is 10.1. The summed E-state index contributed by atoms with van der Waals surface area (Å²) in [5, 5.41) is 16.8. The zero-order valence-electron chi connectivity index (χ0n) is 11.0. The van der Waals surface area contributed by atoms with Crippen molar-refractivity contribution in [1.82, 2.24) is 15.1 Å². The topological polar surface area (TPSA) is 50.1 Å². The maximum absolute atomic E-state index is 13.4. The van der Waals surface area contributed by atoms with Gasteiger partial charge in [-0.15, -0.1) is 0 Å². The monoisotopic (exact) mass is 281 g/mol. The number of hydrogen-bond donors (Lipinski definition) is 2. The first-order valence-corrected chi connectivity index (χ1v) is 6.48. The van der Waals surface area contributed by atoms with Crippen LogP contribution in [0.4, 0.5) is 8.78 Å². The van der Waals surface area contributed by atoms with Gasteiger partial charge in [0, 0.05) is 25.5 Å². The first kappa shape index (κ1) is 14.6. The second-order valence-corrected chi connectivity index (χ2v) is 4.48. The molecule has 1 aromatic carbocycles. The first-order chi connectivity index (χ1) is 9.68. The molecule has 0 aliphatic rings. The lowest BCUT2D eigenvalue weighted by Gasteiger charge is -2.13. The molecule has 4 nitrogen and oxygen atoms in total. The number of hydrogen-bond acceptors (Lipinski definition) is 3. The van der Waals surface area contributed by atoms with Crippen molar-refractivity contribution in [1.29, 1.82) is 0 Å². The fraction of sp³-hybridized carbons (Fsp3) is 0.357. The Morgan fingerprint density at radius 1 is 1.25 bits per heavy atom. The van der Waals surface area contributed by atoms with Crippen LogP contribution in [0.2, 0.25) is 0 Å². The lowest BCUT2D eigenvalue weighted by Crippen LogP contribution is -2.24. The molecule has 0 saturated heterocycles. The molecule has 1 aromatic heterocycles. The van der Waals surface area contributed by atoms with Gasteiger partial charge in [-0.1, -0.05) is 6.07 Å². The Morgan fingerprint density at radius 3 is 2.65 bits per heavy atom. The Kier molecular flexibility index (Phi) is 5.20. The second kappa shape index (κ2) is 7.12. The van der Waals surface area contributed by atoms with Crippen molar-refractivity contribution >= 4 is 0 Å². The Balaban J connectivity index is 1.73. The van der Waals surface area contributed by atoms with Crippen LogP contribution in [0.25, 0.3) is 0 Å². The minimum Gasteiger partial charge on any atom is -0.387 e. The second-order valence-electron chi connectivity index (χ2n) is 4.48. The van der Waals surface area contributed by atoms with Crippen LogP contribution in [0, 0.1) is 11.6 Å². The number of nitrogens with zero attached hydrogens (tertiary/aromatic N) is 2. The lowest BCUT2D eigenvalue weighted by molar-refractivity contribution is 0.165. The van der Waals surface area contributed by atoms with Crippen molar-refractivity contribution in [2.75, 3.05) is 13.1 Å². The van der Waals surface area contributed by atoms with E-state index in [-0.39, 0.29) is 12.1 Å². The average Bonchev–Trinajstić information content (AvgIpc) is 2.91. The molecule has 0 amide bonds. The summed E-state index contributed by atoms with van der Waals surface area (Å²) in [6, 6.07) is 5.40. The molecular weight excluding hydrogens is 264 g/mol. The summed E-state index contributed by atoms with van der Waals surface area (Å²) in [5.74, 6) is -1.45. The number of benzene rings is 1. The average molecular weight is 281 g/mol. The molecule has 0 aliphatic heterocycles. The van der Waals surface area contributed by atoms with Crippen molar-refractivity contribution < 1.29 is 13.9 Å². The third-order valence-corrected chi connectivity index (χ3v) is 2.97. The van der Waals surface area contributed by atoms with Crippen LogP contribution >= 0.6 is 0 Å². The summed E-state index contributed by atoms with van der Waals surface area (Å²) >= 11 is 0. The summed E-state index contributed by atoms with van der Waals surface area (Å²) in [6.07, 6.45) is 3.19. The Bertz CT molecular complexity index is 511. The van der Waals surface area contributed by atoms with E-state index in [0.717, 1.165) is 25.1 Å². The van der Waals surface area contributed by atoms with Crippen molar-refractivity contribution in [3.05, 3.63) is 53.9 Å². The normalized spacial score (nSPS) is 12.6. The zero-order valence-corrected chi connectivity index (χ0v) is 11.0. The Hall–Kier alpha value is -1.79. The van der Waals surface area contributed by atoms with E-state index in [2.05, 4.69) is 10.4 Å². The number of aromatic nitrogens is 2. The molecule has 0 fully saturated rings. The summed E-state index contributed by atoms with van der Waals surface area (Å²) in [4.78, 5) is 0. The minimum absolute atomic E-state index is 0.108. The highest BCUT2D eigenvalue weighted by Gasteiger charge is 2.16. The minimum atomic E-state index is -1.19. The maximum atomic E-state index is 13.4. The molecule has 0 radical (unpaired) electrons. The summed E-state index contributed by atoms with van der Waals surface area (Å²) in [6.45, 7) is 1.49.